The molecular formula is C18H19N5O6. The zero-order chi connectivity index (χ0) is 21.7. The maximum atomic E-state index is 12.4. The highest BCUT2D eigenvalue weighted by Gasteiger charge is 2.48. The number of ether oxygens (including phenoxy) is 1. The quantitative estimate of drug-likeness (QED) is 0.0780. The van der Waals surface area contributed by atoms with Crippen LogP contribution in [0.2, 0.25) is 0 Å². The van der Waals surface area contributed by atoms with Gasteiger partial charge < -0.3 is 15.4 Å². The number of non-ortho nitro benzene ring substituents is 1. The van der Waals surface area contributed by atoms with Gasteiger partial charge in [0.05, 0.1) is 16.9 Å². The van der Waals surface area contributed by atoms with Crippen LogP contribution in [0.3, 0.4) is 0 Å². The Morgan fingerprint density at radius 3 is 2.52 bits per heavy atom. The van der Waals surface area contributed by atoms with Crippen molar-refractivity contribution in [2.75, 3.05) is 0 Å². The molecule has 0 saturated carbocycles. The van der Waals surface area contributed by atoms with Crippen molar-refractivity contribution in [3.63, 3.8) is 0 Å². The molecule has 3 N–H and O–H groups in total. The third-order valence-corrected chi connectivity index (χ3v) is 4.75. The van der Waals surface area contributed by atoms with Crippen LogP contribution in [0.25, 0.3) is 0 Å². The van der Waals surface area contributed by atoms with E-state index in [1.807, 2.05) is 0 Å². The molecule has 11 heteroatoms. The minimum Gasteiger partial charge on any atom is -0.456 e. The summed E-state index contributed by atoms with van der Waals surface area (Å²) in [6, 6.07) is 4.18. The molecule has 0 aliphatic carbocycles. The van der Waals surface area contributed by atoms with Crippen LogP contribution in [0.5, 0.6) is 0 Å². The Hall–Kier alpha value is -3.81. The summed E-state index contributed by atoms with van der Waals surface area (Å²) in [6.07, 6.45) is 1.74. The summed E-state index contributed by atoms with van der Waals surface area (Å²) in [4.78, 5) is 46.3. The van der Waals surface area contributed by atoms with Crippen LogP contribution in [-0.4, -0.2) is 40.4 Å². The van der Waals surface area contributed by atoms with E-state index in [2.05, 4.69) is 10.6 Å². The number of ketones is 1. The molecule has 0 radical (unpaired) electrons. The second kappa shape index (κ2) is 8.92. The lowest BCUT2D eigenvalue weighted by molar-refractivity contribution is -0.384. The van der Waals surface area contributed by atoms with Gasteiger partial charge in [0.1, 0.15) is 6.61 Å². The van der Waals surface area contributed by atoms with E-state index < -0.39 is 46.3 Å². The van der Waals surface area contributed by atoms with Gasteiger partial charge in [0.15, 0.2) is 17.7 Å². The fraction of sp³-hybridized carbons (Fsp3) is 0.389. The third kappa shape index (κ3) is 4.73. The predicted molar refractivity (Wildman–Crippen MR) is 98.4 cm³/mol. The van der Waals surface area contributed by atoms with E-state index in [0.717, 1.165) is 0 Å². The summed E-state index contributed by atoms with van der Waals surface area (Å²) in [5, 5.41) is 32.1. The molecule has 1 fully saturated rings. The number of benzene rings is 1. The average molecular weight is 401 g/mol. The fourth-order valence-electron chi connectivity index (χ4n) is 3.01. The molecule has 1 saturated heterocycles. The van der Waals surface area contributed by atoms with Crippen molar-refractivity contribution in [1.82, 2.24) is 10.6 Å². The van der Waals surface area contributed by atoms with Crippen molar-refractivity contribution >= 4 is 29.1 Å². The molecule has 1 aromatic carbocycles. The molecular weight excluding hydrogens is 382 g/mol. The number of carbonyl (C=O) groups is 3. The minimum atomic E-state index is -1.13. The number of Topliss-reactive ketones (excluding diaryl/α,β-unsaturated/α-hetero) is 1. The molecule has 1 aliphatic rings. The van der Waals surface area contributed by atoms with Crippen molar-refractivity contribution in [1.29, 1.82) is 10.7 Å². The molecule has 4 atom stereocenters. The molecule has 1 heterocycles. The summed E-state index contributed by atoms with van der Waals surface area (Å²) in [5.41, 5.74) is -0.519. The van der Waals surface area contributed by atoms with Crippen molar-refractivity contribution in [2.45, 2.75) is 32.5 Å². The van der Waals surface area contributed by atoms with E-state index in [-0.39, 0.29) is 18.2 Å². The van der Waals surface area contributed by atoms with Gasteiger partial charge in [-0.3, -0.25) is 25.1 Å². The highest BCUT2D eigenvalue weighted by molar-refractivity contribution is 6.63. The number of nitro groups is 1. The summed E-state index contributed by atoms with van der Waals surface area (Å²) in [7, 11) is 0. The number of nitrogens with one attached hydrogen (secondary N) is 3. The van der Waals surface area contributed by atoms with Crippen LogP contribution in [0.4, 0.5) is 5.69 Å². The number of nitro benzene ring substituents is 1. The second-order valence-corrected chi connectivity index (χ2v) is 6.63. The van der Waals surface area contributed by atoms with E-state index >= 15 is 0 Å². The molecule has 0 unspecified atom stereocenters. The van der Waals surface area contributed by atoms with Gasteiger partial charge in [-0.05, 0) is 24.6 Å². The number of amides is 1. The summed E-state index contributed by atoms with van der Waals surface area (Å²) in [6.45, 7) is 2.85. The Morgan fingerprint density at radius 1 is 1.38 bits per heavy atom. The van der Waals surface area contributed by atoms with E-state index in [1.54, 1.807) is 13.1 Å². The monoisotopic (exact) mass is 401 g/mol. The summed E-state index contributed by atoms with van der Waals surface area (Å²) >= 11 is 0. The lowest BCUT2D eigenvalue weighted by atomic mass is 9.75. The first-order chi connectivity index (χ1) is 13.7. The lowest BCUT2D eigenvalue weighted by Crippen LogP contribution is -2.67. The van der Waals surface area contributed by atoms with Crippen LogP contribution in [0.1, 0.15) is 19.4 Å². The number of esters is 1. The van der Waals surface area contributed by atoms with Crippen LogP contribution < -0.4 is 10.6 Å². The van der Waals surface area contributed by atoms with Crippen molar-refractivity contribution in [3.05, 3.63) is 39.9 Å². The number of rotatable bonds is 9. The number of nitrogens with zero attached hydrogens (tertiary/aromatic N) is 2. The number of hydrogen-bond acceptors (Lipinski definition) is 9. The topological polar surface area (TPSA) is 175 Å². The summed E-state index contributed by atoms with van der Waals surface area (Å²) < 4.78 is 4.93. The van der Waals surface area contributed by atoms with Crippen LogP contribution in [-0.2, 0) is 25.7 Å². The fourth-order valence-corrected chi connectivity index (χ4v) is 3.01. The van der Waals surface area contributed by atoms with Gasteiger partial charge in [0.2, 0.25) is 5.91 Å². The Kier molecular flexibility index (Phi) is 6.61. The minimum absolute atomic E-state index is 0.117. The standard InChI is InChI=1S/C18H19N5O6/c1-9(15-13(17(25)22-15)10(2)21-8-19)16(24)14(20)18(26)29-7-11-3-5-12(6-4-11)23(27)28/h3-6,9-10,13,15,20-21H,7H2,1-2H3,(H,22,25)/t9-,10-,13-,15-/m1/s1. The Bertz CT molecular complexity index is 891. The molecule has 152 valence electrons. The van der Waals surface area contributed by atoms with E-state index in [4.69, 9.17) is 15.4 Å². The van der Waals surface area contributed by atoms with Crippen LogP contribution in [0.15, 0.2) is 24.3 Å². The maximum Gasteiger partial charge on any atom is 0.360 e. The molecule has 0 aromatic heterocycles. The second-order valence-electron chi connectivity index (χ2n) is 6.63. The molecule has 11 nitrogen and oxygen atoms in total. The van der Waals surface area contributed by atoms with Crippen LogP contribution >= 0.6 is 0 Å². The molecule has 0 bridgehead atoms. The molecule has 2 rings (SSSR count). The first kappa shape index (κ1) is 21.5. The van der Waals surface area contributed by atoms with E-state index in [0.29, 0.717) is 5.56 Å². The van der Waals surface area contributed by atoms with Gasteiger partial charge in [-0.15, -0.1) is 0 Å². The van der Waals surface area contributed by atoms with Crippen molar-refractivity contribution in [2.24, 2.45) is 11.8 Å². The Balaban J connectivity index is 1.94. The highest BCUT2D eigenvalue weighted by Crippen LogP contribution is 2.26. The summed E-state index contributed by atoms with van der Waals surface area (Å²) in [5.74, 6) is -3.75. The van der Waals surface area contributed by atoms with Gasteiger partial charge in [0, 0.05) is 24.1 Å². The van der Waals surface area contributed by atoms with E-state index in [9.17, 15) is 24.5 Å². The average Bonchev–Trinajstić information content (AvgIpc) is 2.68. The first-order valence-electron chi connectivity index (χ1n) is 8.65. The zero-order valence-electron chi connectivity index (χ0n) is 15.7. The number of nitriles is 1. The van der Waals surface area contributed by atoms with Crippen molar-refractivity contribution in [3.8, 4) is 6.19 Å². The predicted octanol–water partition coefficient (Wildman–Crippen LogP) is 0.437. The Morgan fingerprint density at radius 2 is 2.00 bits per heavy atom. The normalized spacial score (nSPS) is 19.6. The van der Waals surface area contributed by atoms with Crippen LogP contribution in [0, 0.1) is 38.8 Å². The Labute approximate surface area is 165 Å². The highest BCUT2D eigenvalue weighted by atomic mass is 16.6. The zero-order valence-corrected chi connectivity index (χ0v) is 15.7. The lowest BCUT2D eigenvalue weighted by Gasteiger charge is -2.42. The largest absolute Gasteiger partial charge is 0.456 e. The van der Waals surface area contributed by atoms with Gasteiger partial charge in [-0.25, -0.2) is 4.79 Å². The van der Waals surface area contributed by atoms with Crippen molar-refractivity contribution < 1.29 is 24.0 Å². The third-order valence-electron chi connectivity index (χ3n) is 4.75. The molecule has 1 amide bonds. The smallest absolute Gasteiger partial charge is 0.360 e. The first-order valence-corrected chi connectivity index (χ1v) is 8.65. The van der Waals surface area contributed by atoms with E-state index in [1.165, 1.54) is 31.2 Å². The SMILES string of the molecule is C[C@@H](NC#N)[C@H]1C(=O)N[C@@H]1[C@@H](C)C(=O)C(=N)C(=O)OCc1ccc([N+](=O)[O-])cc1. The van der Waals surface area contributed by atoms with Gasteiger partial charge in [0.25, 0.3) is 5.69 Å². The van der Waals surface area contributed by atoms with Gasteiger partial charge >= 0.3 is 5.97 Å². The molecule has 29 heavy (non-hydrogen) atoms. The number of β-lactam (4-membered cyclic amide) rings is 1. The molecule has 0 spiro atoms. The van der Waals surface area contributed by atoms with Gasteiger partial charge in [-0.1, -0.05) is 6.92 Å². The number of carbonyl (C=O) groups excluding carboxylic acids is 3. The molecule has 1 aliphatic heterocycles. The molecule has 1 aromatic rings. The maximum absolute atomic E-state index is 12.4. The van der Waals surface area contributed by atoms with Gasteiger partial charge in [-0.2, -0.15) is 5.26 Å². The number of hydrogen-bond donors (Lipinski definition) is 3.